The van der Waals surface area contributed by atoms with Gasteiger partial charge in [-0.05, 0) is 31.0 Å². The Morgan fingerprint density at radius 2 is 1.95 bits per heavy atom. The lowest BCUT2D eigenvalue weighted by atomic mass is 10.1. The molecular formula is C13H17Cl2FN2O3S. The molecule has 0 aliphatic carbocycles. The Morgan fingerprint density at radius 3 is 2.50 bits per heavy atom. The maximum atomic E-state index is 13.5. The van der Waals surface area contributed by atoms with Gasteiger partial charge in [0.05, 0.1) is 22.9 Å². The number of nitrogens with one attached hydrogen (secondary N) is 1. The first kappa shape index (κ1) is 19.2. The summed E-state index contributed by atoms with van der Waals surface area (Å²) in [5, 5.41) is 2.66. The topological polar surface area (TPSA) is 89.3 Å². The van der Waals surface area contributed by atoms with Gasteiger partial charge < -0.3 is 11.1 Å². The molecule has 3 N–H and O–H groups in total. The molecule has 2 unspecified atom stereocenters. The lowest BCUT2D eigenvalue weighted by Crippen LogP contribution is -2.42. The first-order valence-corrected chi connectivity index (χ1v) is 9.21. The van der Waals surface area contributed by atoms with E-state index >= 15 is 0 Å². The average Bonchev–Trinajstić information content (AvgIpc) is 2.39. The van der Waals surface area contributed by atoms with Gasteiger partial charge in [-0.25, -0.2) is 12.8 Å². The van der Waals surface area contributed by atoms with Gasteiger partial charge in [-0.2, -0.15) is 0 Å². The van der Waals surface area contributed by atoms with Crippen molar-refractivity contribution < 1.29 is 17.6 Å². The molecule has 5 nitrogen and oxygen atoms in total. The van der Waals surface area contributed by atoms with Crippen LogP contribution in [-0.2, 0) is 14.6 Å². The molecule has 1 aromatic rings. The molecule has 2 atom stereocenters. The van der Waals surface area contributed by atoms with E-state index in [1.54, 1.807) is 6.92 Å². The summed E-state index contributed by atoms with van der Waals surface area (Å²) in [5.41, 5.74) is 5.99. The van der Waals surface area contributed by atoms with Crippen LogP contribution in [0, 0.1) is 5.82 Å². The molecule has 0 saturated heterocycles. The van der Waals surface area contributed by atoms with Crippen molar-refractivity contribution in [2.75, 3.05) is 12.0 Å². The van der Waals surface area contributed by atoms with Crippen molar-refractivity contribution >= 4 is 38.9 Å². The van der Waals surface area contributed by atoms with Crippen LogP contribution in [0.1, 0.15) is 24.9 Å². The Kier molecular flexibility index (Phi) is 6.61. The number of nitrogens with two attached hydrogens (primary N) is 1. The smallest absolute Gasteiger partial charge is 0.237 e. The predicted molar refractivity (Wildman–Crippen MR) is 85.3 cm³/mol. The lowest BCUT2D eigenvalue weighted by Gasteiger charge is -2.19. The fraction of sp³-hybridized carbons (Fsp3) is 0.462. The van der Waals surface area contributed by atoms with Gasteiger partial charge in [0.2, 0.25) is 5.91 Å². The number of hydrogen-bond acceptors (Lipinski definition) is 4. The molecule has 0 heterocycles. The highest BCUT2D eigenvalue weighted by molar-refractivity contribution is 7.90. The van der Waals surface area contributed by atoms with Gasteiger partial charge in [-0.15, -0.1) is 0 Å². The number of hydrogen-bond donors (Lipinski definition) is 2. The Balaban J connectivity index is 2.74. The van der Waals surface area contributed by atoms with E-state index in [1.807, 2.05) is 0 Å². The summed E-state index contributed by atoms with van der Waals surface area (Å²) in [6.45, 7) is 1.61. The van der Waals surface area contributed by atoms with E-state index in [0.717, 1.165) is 12.3 Å². The third kappa shape index (κ3) is 5.72. The molecule has 0 bridgehead atoms. The van der Waals surface area contributed by atoms with Crippen molar-refractivity contribution in [3.8, 4) is 0 Å². The zero-order valence-electron chi connectivity index (χ0n) is 12.1. The van der Waals surface area contributed by atoms with Crippen molar-refractivity contribution in [2.24, 2.45) is 5.73 Å². The number of halogens is 3. The van der Waals surface area contributed by atoms with Crippen molar-refractivity contribution in [2.45, 2.75) is 25.4 Å². The molecule has 0 radical (unpaired) electrons. The summed E-state index contributed by atoms with van der Waals surface area (Å²) in [6, 6.07) is 0.807. The molecule has 1 rings (SSSR count). The Morgan fingerprint density at radius 1 is 1.36 bits per heavy atom. The summed E-state index contributed by atoms with van der Waals surface area (Å²) in [7, 11) is -3.20. The zero-order valence-corrected chi connectivity index (χ0v) is 14.4. The Bertz CT molecular complexity index is 667. The van der Waals surface area contributed by atoms with Crippen LogP contribution in [0.2, 0.25) is 10.0 Å². The molecule has 1 aromatic carbocycles. The monoisotopic (exact) mass is 370 g/mol. The quantitative estimate of drug-likeness (QED) is 0.750. The normalized spacial score (nSPS) is 14.5. The Labute approximate surface area is 138 Å². The number of rotatable bonds is 6. The summed E-state index contributed by atoms with van der Waals surface area (Å²) < 4.78 is 35.6. The summed E-state index contributed by atoms with van der Waals surface area (Å²) >= 11 is 11.6. The van der Waals surface area contributed by atoms with E-state index in [9.17, 15) is 17.6 Å². The molecule has 0 aliphatic heterocycles. The number of carbonyl (C=O) groups excluding carboxylic acids is 1. The molecule has 22 heavy (non-hydrogen) atoms. The highest BCUT2D eigenvalue weighted by Crippen LogP contribution is 2.28. The second-order valence-electron chi connectivity index (χ2n) is 5.04. The van der Waals surface area contributed by atoms with Crippen LogP contribution in [0.4, 0.5) is 4.39 Å². The summed E-state index contributed by atoms with van der Waals surface area (Å²) in [5.74, 6) is -1.38. The first-order valence-electron chi connectivity index (χ1n) is 6.39. The number of amides is 1. The molecule has 0 aliphatic rings. The van der Waals surface area contributed by atoms with Gasteiger partial charge in [-0.1, -0.05) is 23.2 Å². The van der Waals surface area contributed by atoms with Crippen molar-refractivity contribution in [1.29, 1.82) is 0 Å². The molecule has 0 aromatic heterocycles. The van der Waals surface area contributed by atoms with Crippen LogP contribution in [0.3, 0.4) is 0 Å². The van der Waals surface area contributed by atoms with Crippen LogP contribution in [0.25, 0.3) is 0 Å². The highest BCUT2D eigenvalue weighted by Gasteiger charge is 2.20. The van der Waals surface area contributed by atoms with E-state index < -0.39 is 33.6 Å². The average molecular weight is 371 g/mol. The zero-order chi connectivity index (χ0) is 17.1. The van der Waals surface area contributed by atoms with Crippen LogP contribution < -0.4 is 11.1 Å². The van der Waals surface area contributed by atoms with E-state index in [-0.39, 0.29) is 22.2 Å². The number of benzene rings is 1. The van der Waals surface area contributed by atoms with Gasteiger partial charge in [0.25, 0.3) is 0 Å². The van der Waals surface area contributed by atoms with Crippen molar-refractivity contribution in [1.82, 2.24) is 5.32 Å². The molecule has 9 heteroatoms. The lowest BCUT2D eigenvalue weighted by molar-refractivity contribution is -0.123. The van der Waals surface area contributed by atoms with E-state index in [4.69, 9.17) is 28.9 Å². The SMILES string of the molecule is CC(NC(=O)C(N)CCS(C)(=O)=O)c1cc(F)c(Cl)cc1Cl. The van der Waals surface area contributed by atoms with Gasteiger partial charge in [0.1, 0.15) is 15.7 Å². The molecule has 1 amide bonds. The summed E-state index contributed by atoms with van der Waals surface area (Å²) in [6.07, 6.45) is 1.07. The van der Waals surface area contributed by atoms with E-state index in [2.05, 4.69) is 5.32 Å². The Hall–Kier alpha value is -0.890. The maximum absolute atomic E-state index is 13.5. The fourth-order valence-electron chi connectivity index (χ4n) is 1.74. The number of carbonyl (C=O) groups is 1. The molecular weight excluding hydrogens is 354 g/mol. The van der Waals surface area contributed by atoms with Gasteiger partial charge in [0, 0.05) is 11.3 Å². The van der Waals surface area contributed by atoms with Gasteiger partial charge in [-0.3, -0.25) is 4.79 Å². The minimum absolute atomic E-state index is 0.0000970. The summed E-state index contributed by atoms with van der Waals surface area (Å²) in [4.78, 5) is 11.9. The van der Waals surface area contributed by atoms with Crippen LogP contribution >= 0.6 is 23.2 Å². The largest absolute Gasteiger partial charge is 0.348 e. The maximum Gasteiger partial charge on any atom is 0.237 e. The van der Waals surface area contributed by atoms with E-state index in [1.165, 1.54) is 6.07 Å². The molecule has 0 spiro atoms. The third-order valence-corrected chi connectivity index (χ3v) is 4.60. The minimum atomic E-state index is -3.20. The van der Waals surface area contributed by atoms with Crippen LogP contribution in [0.15, 0.2) is 12.1 Å². The van der Waals surface area contributed by atoms with E-state index in [0.29, 0.717) is 5.56 Å². The van der Waals surface area contributed by atoms with Crippen LogP contribution in [-0.4, -0.2) is 32.4 Å². The molecule has 124 valence electrons. The second-order valence-corrected chi connectivity index (χ2v) is 8.12. The van der Waals surface area contributed by atoms with Gasteiger partial charge in [0.15, 0.2) is 0 Å². The van der Waals surface area contributed by atoms with Crippen molar-refractivity contribution in [3.63, 3.8) is 0 Å². The van der Waals surface area contributed by atoms with Crippen molar-refractivity contribution in [3.05, 3.63) is 33.6 Å². The minimum Gasteiger partial charge on any atom is -0.348 e. The highest BCUT2D eigenvalue weighted by atomic mass is 35.5. The van der Waals surface area contributed by atoms with Gasteiger partial charge >= 0.3 is 0 Å². The van der Waals surface area contributed by atoms with Crippen LogP contribution in [0.5, 0.6) is 0 Å². The standard InChI is InChI=1S/C13H17Cl2FN2O3S/c1-7(8-5-11(16)10(15)6-9(8)14)18-13(19)12(17)3-4-22(2,20)21/h5-7,12H,3-4,17H2,1-2H3,(H,18,19). The second kappa shape index (κ2) is 7.59. The third-order valence-electron chi connectivity index (χ3n) is 3.00. The number of sulfone groups is 1. The molecule has 0 saturated carbocycles. The first-order chi connectivity index (χ1) is 10.0. The fourth-order valence-corrected chi connectivity index (χ4v) is 2.97. The predicted octanol–water partition coefficient (Wildman–Crippen LogP) is 2.07. The molecule has 0 fully saturated rings.